The Morgan fingerprint density at radius 3 is 2.14 bits per heavy atom. The second-order valence-electron chi connectivity index (χ2n) is 6.23. The Balaban J connectivity index is 1.37. The average molecular weight is 291 g/mol. The molecule has 0 spiro atoms. The van der Waals surface area contributed by atoms with Gasteiger partial charge in [-0.2, -0.15) is 0 Å². The predicted molar refractivity (Wildman–Crippen MR) is 90.0 cm³/mol. The van der Waals surface area contributed by atoms with E-state index < -0.39 is 0 Å². The molecule has 22 heavy (non-hydrogen) atoms. The van der Waals surface area contributed by atoms with Gasteiger partial charge in [-0.3, -0.25) is 0 Å². The van der Waals surface area contributed by atoms with Gasteiger partial charge in [0.1, 0.15) is 0 Å². The lowest BCUT2D eigenvalue weighted by Crippen LogP contribution is -2.29. The Kier molecular flexibility index (Phi) is 3.55. The van der Waals surface area contributed by atoms with Crippen LogP contribution in [0.4, 0.5) is 0 Å². The summed E-state index contributed by atoms with van der Waals surface area (Å²) in [6.45, 7) is 2.11. The Labute approximate surface area is 131 Å². The van der Waals surface area contributed by atoms with Gasteiger partial charge >= 0.3 is 0 Å². The summed E-state index contributed by atoms with van der Waals surface area (Å²) in [7, 11) is 0. The van der Waals surface area contributed by atoms with Crippen molar-refractivity contribution < 1.29 is 0 Å². The molecule has 0 aromatic heterocycles. The zero-order chi connectivity index (χ0) is 14.8. The molecule has 0 bridgehead atoms. The molecule has 2 aliphatic heterocycles. The van der Waals surface area contributed by atoms with Crippen molar-refractivity contribution in [1.82, 2.24) is 10.2 Å². The molecule has 3 nitrogen and oxygen atoms in total. The first-order valence-corrected chi connectivity index (χ1v) is 8.04. The van der Waals surface area contributed by atoms with Crippen LogP contribution in [0.25, 0.3) is 0 Å². The first kappa shape index (κ1) is 13.4. The van der Waals surface area contributed by atoms with Gasteiger partial charge in [0.25, 0.3) is 0 Å². The molecule has 2 aliphatic rings. The summed E-state index contributed by atoms with van der Waals surface area (Å²) in [4.78, 5) is 7.27. The van der Waals surface area contributed by atoms with Gasteiger partial charge in [0.2, 0.25) is 0 Å². The first-order valence-electron chi connectivity index (χ1n) is 8.04. The summed E-state index contributed by atoms with van der Waals surface area (Å²) < 4.78 is 0. The molecule has 2 heterocycles. The fraction of sp³-hybridized carbons (Fsp3) is 0.316. The van der Waals surface area contributed by atoms with Crippen LogP contribution in [0.5, 0.6) is 0 Å². The van der Waals surface area contributed by atoms with Crippen LogP contribution in [0.3, 0.4) is 0 Å². The highest BCUT2D eigenvalue weighted by Crippen LogP contribution is 2.19. The van der Waals surface area contributed by atoms with Crippen LogP contribution in [-0.2, 0) is 12.8 Å². The summed E-state index contributed by atoms with van der Waals surface area (Å²) >= 11 is 0. The minimum Gasteiger partial charge on any atom is -0.351 e. The number of hydrogen-bond acceptors (Lipinski definition) is 3. The van der Waals surface area contributed by atoms with E-state index in [1.165, 1.54) is 11.1 Å². The monoisotopic (exact) mass is 291 g/mol. The molecular formula is C19H21N3. The summed E-state index contributed by atoms with van der Waals surface area (Å²) in [6.07, 6.45) is 2.10. The average Bonchev–Trinajstić information content (AvgIpc) is 3.07. The van der Waals surface area contributed by atoms with Crippen LogP contribution < -0.4 is 5.32 Å². The van der Waals surface area contributed by atoms with E-state index in [0.717, 1.165) is 31.9 Å². The molecule has 0 aliphatic carbocycles. The van der Waals surface area contributed by atoms with E-state index in [0.29, 0.717) is 12.1 Å². The number of guanidine groups is 1. The van der Waals surface area contributed by atoms with Crippen LogP contribution >= 0.6 is 0 Å². The molecule has 112 valence electrons. The number of nitrogens with one attached hydrogen (secondary N) is 1. The molecule has 2 aromatic carbocycles. The lowest BCUT2D eigenvalue weighted by Gasteiger charge is -2.15. The molecule has 2 aromatic rings. The number of aliphatic imine (C=N–C) groups is 1. The quantitative estimate of drug-likeness (QED) is 0.937. The van der Waals surface area contributed by atoms with E-state index in [9.17, 15) is 0 Å². The second-order valence-corrected chi connectivity index (χ2v) is 6.23. The number of rotatable bonds is 4. The van der Waals surface area contributed by atoms with Crippen LogP contribution in [0.1, 0.15) is 11.1 Å². The van der Waals surface area contributed by atoms with E-state index in [4.69, 9.17) is 4.99 Å². The van der Waals surface area contributed by atoms with Crippen molar-refractivity contribution >= 4 is 5.96 Å². The van der Waals surface area contributed by atoms with Gasteiger partial charge in [-0.25, -0.2) is 4.99 Å². The van der Waals surface area contributed by atoms with E-state index in [1.807, 2.05) is 0 Å². The van der Waals surface area contributed by atoms with Gasteiger partial charge in [0, 0.05) is 13.1 Å². The van der Waals surface area contributed by atoms with Crippen LogP contribution in [-0.4, -0.2) is 36.0 Å². The number of benzene rings is 2. The second kappa shape index (κ2) is 5.84. The van der Waals surface area contributed by atoms with E-state index in [2.05, 4.69) is 70.9 Å². The van der Waals surface area contributed by atoms with Gasteiger partial charge < -0.3 is 10.2 Å². The third-order valence-electron chi connectivity index (χ3n) is 4.45. The maximum absolute atomic E-state index is 4.87. The number of hydrogen-bond donors (Lipinski definition) is 1. The van der Waals surface area contributed by atoms with Gasteiger partial charge in [0.15, 0.2) is 5.96 Å². The molecule has 4 rings (SSSR count). The molecule has 3 heteroatoms. The minimum atomic E-state index is 0.391. The molecule has 1 fully saturated rings. The van der Waals surface area contributed by atoms with E-state index >= 15 is 0 Å². The Hall–Kier alpha value is -2.29. The van der Waals surface area contributed by atoms with Crippen molar-refractivity contribution in [3.05, 3.63) is 71.8 Å². The highest BCUT2D eigenvalue weighted by molar-refractivity contribution is 5.84. The topological polar surface area (TPSA) is 27.6 Å². The Morgan fingerprint density at radius 1 is 0.864 bits per heavy atom. The highest BCUT2D eigenvalue weighted by Gasteiger charge is 2.33. The van der Waals surface area contributed by atoms with Crippen LogP contribution in [0.15, 0.2) is 65.7 Å². The molecule has 0 amide bonds. The zero-order valence-electron chi connectivity index (χ0n) is 12.7. The fourth-order valence-electron chi connectivity index (χ4n) is 3.43. The van der Waals surface area contributed by atoms with Crippen molar-refractivity contribution in [2.75, 3.05) is 13.1 Å². The third kappa shape index (κ3) is 2.84. The summed E-state index contributed by atoms with van der Waals surface area (Å²) in [5.41, 5.74) is 2.77. The largest absolute Gasteiger partial charge is 0.351 e. The van der Waals surface area contributed by atoms with Crippen molar-refractivity contribution in [2.45, 2.75) is 24.9 Å². The minimum absolute atomic E-state index is 0.391. The number of nitrogens with zero attached hydrogens (tertiary/aromatic N) is 2. The van der Waals surface area contributed by atoms with Gasteiger partial charge in [-0.05, 0) is 24.0 Å². The Bertz CT molecular complexity index is 651. The smallest absolute Gasteiger partial charge is 0.194 e. The molecule has 2 atom stereocenters. The number of fused-ring (bicyclic) bond motifs is 1. The van der Waals surface area contributed by atoms with Crippen molar-refractivity contribution in [2.24, 2.45) is 4.99 Å². The van der Waals surface area contributed by atoms with Gasteiger partial charge in [0.05, 0.1) is 12.1 Å². The highest BCUT2D eigenvalue weighted by atomic mass is 15.4. The van der Waals surface area contributed by atoms with Crippen molar-refractivity contribution in [3.63, 3.8) is 0 Å². The summed E-state index contributed by atoms with van der Waals surface area (Å²) in [5.74, 6) is 1.10. The molecule has 1 N–H and O–H groups in total. The summed E-state index contributed by atoms with van der Waals surface area (Å²) in [5, 5.41) is 3.59. The molecular weight excluding hydrogens is 270 g/mol. The van der Waals surface area contributed by atoms with E-state index in [1.54, 1.807) is 0 Å². The standard InChI is InChI=1S/C19H21N3/c1-3-7-15(8-4-1)11-17-13-22-14-18(21-19(22)20-17)12-16-9-5-2-6-10-16/h1-10,17-18H,11-14H2,(H,20,21)/t17-,18-/m0/s1. The van der Waals surface area contributed by atoms with E-state index in [-0.39, 0.29) is 0 Å². The molecule has 0 saturated carbocycles. The van der Waals surface area contributed by atoms with Crippen LogP contribution in [0.2, 0.25) is 0 Å². The summed E-state index contributed by atoms with van der Waals surface area (Å²) in [6, 6.07) is 22.2. The normalized spacial score (nSPS) is 23.1. The first-order chi connectivity index (χ1) is 10.9. The fourth-order valence-corrected chi connectivity index (χ4v) is 3.43. The third-order valence-corrected chi connectivity index (χ3v) is 4.45. The molecule has 0 radical (unpaired) electrons. The maximum Gasteiger partial charge on any atom is 0.194 e. The van der Waals surface area contributed by atoms with Crippen LogP contribution in [0, 0.1) is 0 Å². The van der Waals surface area contributed by atoms with Crippen molar-refractivity contribution in [3.8, 4) is 0 Å². The van der Waals surface area contributed by atoms with Gasteiger partial charge in [-0.1, -0.05) is 60.7 Å². The van der Waals surface area contributed by atoms with Crippen molar-refractivity contribution in [1.29, 1.82) is 0 Å². The maximum atomic E-state index is 4.87. The zero-order valence-corrected chi connectivity index (χ0v) is 12.7. The lowest BCUT2D eigenvalue weighted by atomic mass is 10.1. The Morgan fingerprint density at radius 2 is 1.50 bits per heavy atom. The molecule has 1 saturated heterocycles. The predicted octanol–water partition coefficient (Wildman–Crippen LogP) is 2.48. The SMILES string of the molecule is c1ccc(C[C@H]2CN3C[C@H](Cc4ccccc4)NC3=N2)cc1. The molecule has 0 unspecified atom stereocenters. The van der Waals surface area contributed by atoms with Gasteiger partial charge in [-0.15, -0.1) is 0 Å². The lowest BCUT2D eigenvalue weighted by molar-refractivity contribution is 0.422.